The molecule has 84 valence electrons. The highest BCUT2D eigenvalue weighted by atomic mass is 35.5. The third-order valence-electron chi connectivity index (χ3n) is 1.89. The lowest BCUT2D eigenvalue weighted by Gasteiger charge is -2.07. The maximum absolute atomic E-state index is 6.07. The summed E-state index contributed by atoms with van der Waals surface area (Å²) < 4.78 is 0. The minimum Gasteiger partial charge on any atom is -0.375 e. The Bertz CT molecular complexity index is 553. The Hall–Kier alpha value is -0.190. The number of thiazole rings is 1. The Morgan fingerprint density at radius 3 is 2.31 bits per heavy atom. The van der Waals surface area contributed by atoms with Gasteiger partial charge in [0.05, 0.1) is 25.8 Å². The maximum atomic E-state index is 6.07. The zero-order valence-electron chi connectivity index (χ0n) is 7.60. The van der Waals surface area contributed by atoms with Gasteiger partial charge < -0.3 is 5.73 Å². The molecule has 0 atom stereocenters. The zero-order valence-corrected chi connectivity index (χ0v) is 11.4. The van der Waals surface area contributed by atoms with Crippen LogP contribution in [-0.4, -0.2) is 4.98 Å². The molecule has 0 bridgehead atoms. The number of rotatable bonds is 1. The molecule has 2 rings (SSSR count). The van der Waals surface area contributed by atoms with Gasteiger partial charge >= 0.3 is 0 Å². The summed E-state index contributed by atoms with van der Waals surface area (Å²) >= 11 is 25.2. The predicted octanol–water partition coefficient (Wildman–Crippen LogP) is 5.01. The Balaban J connectivity index is 2.70. The summed E-state index contributed by atoms with van der Waals surface area (Å²) in [6, 6.07) is 1.53. The number of aromatic nitrogens is 1. The van der Waals surface area contributed by atoms with E-state index in [1.54, 1.807) is 5.38 Å². The fourth-order valence-corrected chi connectivity index (χ4v) is 2.86. The summed E-state index contributed by atoms with van der Waals surface area (Å²) in [4.78, 5) is 4.10. The molecule has 0 fully saturated rings. The van der Waals surface area contributed by atoms with Crippen LogP contribution in [0.1, 0.15) is 0 Å². The van der Waals surface area contributed by atoms with Gasteiger partial charge in [0, 0.05) is 10.9 Å². The van der Waals surface area contributed by atoms with Gasteiger partial charge in [-0.1, -0.05) is 46.4 Å². The molecule has 0 saturated heterocycles. The van der Waals surface area contributed by atoms with Crippen LogP contribution >= 0.6 is 57.7 Å². The molecule has 2 N–H and O–H groups in total. The van der Waals surface area contributed by atoms with E-state index in [4.69, 9.17) is 52.1 Å². The lowest BCUT2D eigenvalue weighted by molar-refractivity contribution is 1.41. The minimum atomic E-state index is 0.259. The van der Waals surface area contributed by atoms with Gasteiger partial charge in [-0.2, -0.15) is 0 Å². The number of hydrogen-bond donors (Lipinski definition) is 1. The number of nitrogens with zero attached hydrogens (tertiary/aromatic N) is 1. The first-order chi connectivity index (χ1) is 7.50. The zero-order chi connectivity index (χ0) is 11.9. The van der Waals surface area contributed by atoms with Crippen molar-refractivity contribution in [2.75, 3.05) is 5.73 Å². The quantitative estimate of drug-likeness (QED) is 0.594. The highest BCUT2D eigenvalue weighted by Crippen LogP contribution is 2.43. The summed E-state index contributed by atoms with van der Waals surface area (Å²) in [7, 11) is 0. The van der Waals surface area contributed by atoms with Crippen molar-refractivity contribution in [3.8, 4) is 11.3 Å². The van der Waals surface area contributed by atoms with E-state index in [0.29, 0.717) is 26.4 Å². The fraction of sp³-hybridized carbons (Fsp3) is 0. The average Bonchev–Trinajstić information content (AvgIpc) is 2.61. The lowest BCUT2D eigenvalue weighted by atomic mass is 10.2. The second-order valence-electron chi connectivity index (χ2n) is 2.91. The molecule has 0 aliphatic rings. The second-order valence-corrected chi connectivity index (χ2v) is 5.37. The highest BCUT2D eigenvalue weighted by Gasteiger charge is 2.17. The molecule has 0 spiro atoms. The van der Waals surface area contributed by atoms with Crippen LogP contribution in [0.25, 0.3) is 11.3 Å². The van der Waals surface area contributed by atoms with Crippen molar-refractivity contribution in [1.29, 1.82) is 0 Å². The topological polar surface area (TPSA) is 38.9 Å². The number of hydrogen-bond acceptors (Lipinski definition) is 3. The number of nitrogens with two attached hydrogens (primary N) is 1. The summed E-state index contributed by atoms with van der Waals surface area (Å²) in [6.45, 7) is 0. The van der Waals surface area contributed by atoms with Crippen molar-refractivity contribution in [2.45, 2.75) is 0 Å². The molecule has 0 aliphatic heterocycles. The van der Waals surface area contributed by atoms with Crippen LogP contribution in [0.5, 0.6) is 0 Å². The molecular formula is C9H4Cl4N2S. The van der Waals surface area contributed by atoms with Gasteiger partial charge in [0.25, 0.3) is 0 Å². The van der Waals surface area contributed by atoms with Gasteiger partial charge in [-0.05, 0) is 6.07 Å². The first-order valence-electron chi connectivity index (χ1n) is 4.05. The number of anilines is 1. The Morgan fingerprint density at radius 1 is 1.06 bits per heavy atom. The number of nitrogen functional groups attached to an aromatic ring is 1. The number of benzene rings is 1. The molecule has 0 radical (unpaired) electrons. The van der Waals surface area contributed by atoms with Gasteiger partial charge in [-0.15, -0.1) is 11.3 Å². The first-order valence-corrected chi connectivity index (χ1v) is 6.44. The SMILES string of the molecule is Nc1nc(-c2c(Cl)cc(Cl)c(Cl)c2Cl)cs1. The third-order valence-corrected chi connectivity index (χ3v) is 4.13. The second kappa shape index (κ2) is 4.59. The van der Waals surface area contributed by atoms with Gasteiger partial charge in [-0.3, -0.25) is 0 Å². The Morgan fingerprint density at radius 2 is 1.75 bits per heavy atom. The summed E-state index contributed by atoms with van der Waals surface area (Å²) in [5.41, 5.74) is 6.69. The van der Waals surface area contributed by atoms with E-state index in [2.05, 4.69) is 4.98 Å². The van der Waals surface area contributed by atoms with Gasteiger partial charge in [0.1, 0.15) is 0 Å². The van der Waals surface area contributed by atoms with Crippen LogP contribution in [0.15, 0.2) is 11.4 Å². The maximum Gasteiger partial charge on any atom is 0.180 e. The van der Waals surface area contributed by atoms with Crippen molar-refractivity contribution < 1.29 is 0 Å². The highest BCUT2D eigenvalue weighted by molar-refractivity contribution is 7.13. The van der Waals surface area contributed by atoms with Crippen LogP contribution < -0.4 is 5.73 Å². The minimum absolute atomic E-state index is 0.259. The molecule has 1 aromatic carbocycles. The van der Waals surface area contributed by atoms with Gasteiger partial charge in [0.2, 0.25) is 0 Å². The number of halogens is 4. The van der Waals surface area contributed by atoms with E-state index in [1.807, 2.05) is 0 Å². The molecular weight excluding hydrogens is 310 g/mol. The normalized spacial score (nSPS) is 10.8. The Labute approximate surface area is 116 Å². The van der Waals surface area contributed by atoms with Crippen LogP contribution in [0.2, 0.25) is 20.1 Å². The molecule has 1 aromatic heterocycles. The largest absolute Gasteiger partial charge is 0.375 e. The van der Waals surface area contributed by atoms with Crippen LogP contribution in [-0.2, 0) is 0 Å². The van der Waals surface area contributed by atoms with E-state index >= 15 is 0 Å². The molecule has 0 aliphatic carbocycles. The predicted molar refractivity (Wildman–Crippen MR) is 72.0 cm³/mol. The molecule has 0 saturated carbocycles. The third kappa shape index (κ3) is 2.11. The molecule has 16 heavy (non-hydrogen) atoms. The van der Waals surface area contributed by atoms with E-state index in [1.165, 1.54) is 17.4 Å². The van der Waals surface area contributed by atoms with E-state index in [9.17, 15) is 0 Å². The Kier molecular flexibility index (Phi) is 3.52. The average molecular weight is 314 g/mol. The van der Waals surface area contributed by atoms with E-state index in [0.717, 1.165) is 0 Å². The van der Waals surface area contributed by atoms with E-state index < -0.39 is 0 Å². The molecule has 2 nitrogen and oxygen atoms in total. The summed E-state index contributed by atoms with van der Waals surface area (Å²) in [5, 5.41) is 3.44. The lowest BCUT2D eigenvalue weighted by Crippen LogP contribution is -1.86. The molecule has 2 aromatic rings. The molecule has 0 unspecified atom stereocenters. The molecule has 0 amide bonds. The van der Waals surface area contributed by atoms with Crippen LogP contribution in [0.3, 0.4) is 0 Å². The fourth-order valence-electron chi connectivity index (χ4n) is 1.20. The van der Waals surface area contributed by atoms with Crippen molar-refractivity contribution in [2.24, 2.45) is 0 Å². The summed E-state index contributed by atoms with van der Waals surface area (Å²) in [6.07, 6.45) is 0. The van der Waals surface area contributed by atoms with E-state index in [-0.39, 0.29) is 10.0 Å². The van der Waals surface area contributed by atoms with Crippen molar-refractivity contribution in [3.05, 3.63) is 31.5 Å². The van der Waals surface area contributed by atoms with Crippen molar-refractivity contribution in [1.82, 2.24) is 4.98 Å². The van der Waals surface area contributed by atoms with Crippen LogP contribution in [0, 0.1) is 0 Å². The first kappa shape index (κ1) is 12.3. The molecule has 7 heteroatoms. The summed E-state index contributed by atoms with van der Waals surface area (Å²) in [5.74, 6) is 0. The molecule has 1 heterocycles. The standard InChI is InChI=1S/C9H4Cl4N2S/c10-3-1-4(11)7(12)8(13)6(3)5-2-16-9(14)15-5/h1-2H,(H2,14,15). The smallest absolute Gasteiger partial charge is 0.180 e. The van der Waals surface area contributed by atoms with Gasteiger partial charge in [0.15, 0.2) is 5.13 Å². The van der Waals surface area contributed by atoms with Crippen molar-refractivity contribution in [3.63, 3.8) is 0 Å². The van der Waals surface area contributed by atoms with Crippen LogP contribution in [0.4, 0.5) is 5.13 Å². The van der Waals surface area contributed by atoms with Gasteiger partial charge in [-0.25, -0.2) is 4.98 Å². The van der Waals surface area contributed by atoms with Crippen molar-refractivity contribution >= 4 is 62.9 Å². The monoisotopic (exact) mass is 312 g/mol.